The lowest BCUT2D eigenvalue weighted by molar-refractivity contribution is -0.117. The summed E-state index contributed by atoms with van der Waals surface area (Å²) < 4.78 is 12.8. The molecule has 2 aromatic rings. The van der Waals surface area contributed by atoms with Gasteiger partial charge in [0.25, 0.3) is 0 Å². The molecule has 2 unspecified atom stereocenters. The van der Waals surface area contributed by atoms with Gasteiger partial charge >= 0.3 is 0 Å². The van der Waals surface area contributed by atoms with Crippen molar-refractivity contribution < 1.29 is 9.18 Å². The predicted octanol–water partition coefficient (Wildman–Crippen LogP) is 2.07. The van der Waals surface area contributed by atoms with E-state index in [1.807, 2.05) is 19.1 Å². The second-order valence-corrected chi connectivity index (χ2v) is 5.05. The molecule has 1 saturated carbocycles. The smallest absolute Gasteiger partial charge is 0.231 e. The lowest BCUT2D eigenvalue weighted by Crippen LogP contribution is -2.16. The summed E-state index contributed by atoms with van der Waals surface area (Å²) in [6.45, 7) is 2.03. The van der Waals surface area contributed by atoms with Crippen LogP contribution in [-0.2, 0) is 11.2 Å². The Kier molecular flexibility index (Phi) is 3.00. The number of carbonyl (C=O) groups is 1. The first kappa shape index (κ1) is 12.8. The fourth-order valence-electron chi connectivity index (χ4n) is 2.17. The minimum absolute atomic E-state index is 0.291. The van der Waals surface area contributed by atoms with E-state index in [2.05, 4.69) is 15.5 Å². The highest BCUT2D eigenvalue weighted by Crippen LogP contribution is 2.34. The Morgan fingerprint density at radius 3 is 2.85 bits per heavy atom. The van der Waals surface area contributed by atoms with E-state index in [0.717, 1.165) is 17.4 Å². The Balaban J connectivity index is 1.91. The molecule has 20 heavy (non-hydrogen) atoms. The minimum atomic E-state index is -1.02. The summed E-state index contributed by atoms with van der Waals surface area (Å²) in [5, 5.41) is 11.3. The highest BCUT2D eigenvalue weighted by atomic mass is 19.1. The van der Waals surface area contributed by atoms with Gasteiger partial charge in [-0.2, -0.15) is 0 Å². The molecule has 1 fully saturated rings. The fraction of sp³-hybridized carbons (Fsp3) is 0.357. The molecule has 0 saturated heterocycles. The number of nitrogens with one attached hydrogen (secondary N) is 1. The number of nitrogens with zero attached hydrogens (tertiary/aromatic N) is 2. The third-order valence-corrected chi connectivity index (χ3v) is 3.49. The molecule has 1 aliphatic rings. The molecule has 3 rings (SSSR count). The van der Waals surface area contributed by atoms with Gasteiger partial charge in [-0.05, 0) is 36.6 Å². The third kappa shape index (κ3) is 2.29. The Hall–Kier alpha value is -2.24. The Morgan fingerprint density at radius 1 is 1.45 bits per heavy atom. The van der Waals surface area contributed by atoms with E-state index >= 15 is 0 Å². The molecule has 1 aromatic carbocycles. The van der Waals surface area contributed by atoms with Crippen LogP contribution in [0.1, 0.15) is 18.9 Å². The van der Waals surface area contributed by atoms with Gasteiger partial charge in [0, 0.05) is 5.39 Å². The maximum atomic E-state index is 12.8. The van der Waals surface area contributed by atoms with E-state index in [1.165, 1.54) is 0 Å². The number of nitrogens with two attached hydrogens (primary N) is 1. The summed E-state index contributed by atoms with van der Waals surface area (Å²) in [4.78, 5) is 11.7. The van der Waals surface area contributed by atoms with Crippen LogP contribution < -0.4 is 11.1 Å². The molecule has 5 nitrogen and oxygen atoms in total. The van der Waals surface area contributed by atoms with E-state index in [1.54, 1.807) is 6.07 Å². The monoisotopic (exact) mass is 274 g/mol. The normalized spacial score (nSPS) is 20.9. The number of halogens is 1. The summed E-state index contributed by atoms with van der Waals surface area (Å²) in [5.74, 6) is -0.556. The van der Waals surface area contributed by atoms with Crippen LogP contribution in [0.25, 0.3) is 10.9 Å². The van der Waals surface area contributed by atoms with Crippen molar-refractivity contribution in [1.82, 2.24) is 10.2 Å². The molecule has 2 atom stereocenters. The number of rotatable bonds is 3. The van der Waals surface area contributed by atoms with E-state index in [0.29, 0.717) is 23.4 Å². The molecule has 0 radical (unpaired) electrons. The lowest BCUT2D eigenvalue weighted by atomic mass is 10.1. The molecule has 0 aliphatic heterocycles. The molecular weight excluding hydrogens is 259 g/mol. The molecule has 3 N–H and O–H groups in total. The first-order valence-corrected chi connectivity index (χ1v) is 6.59. The van der Waals surface area contributed by atoms with Crippen LogP contribution in [0.3, 0.4) is 0 Å². The Labute approximate surface area is 115 Å². The van der Waals surface area contributed by atoms with Crippen molar-refractivity contribution in [2.75, 3.05) is 11.1 Å². The quantitative estimate of drug-likeness (QED) is 0.839. The van der Waals surface area contributed by atoms with Crippen molar-refractivity contribution in [3.63, 3.8) is 0 Å². The van der Waals surface area contributed by atoms with Gasteiger partial charge in [0.05, 0.1) is 11.6 Å². The molecule has 0 spiro atoms. The maximum absolute atomic E-state index is 12.8. The zero-order chi connectivity index (χ0) is 14.3. The molecule has 1 aliphatic carbocycles. The summed E-state index contributed by atoms with van der Waals surface area (Å²) in [5.41, 5.74) is 8.18. The van der Waals surface area contributed by atoms with Gasteiger partial charge in [-0.15, -0.1) is 10.2 Å². The van der Waals surface area contributed by atoms with Crippen molar-refractivity contribution in [2.45, 2.75) is 25.9 Å². The zero-order valence-electron chi connectivity index (χ0n) is 11.1. The van der Waals surface area contributed by atoms with Crippen molar-refractivity contribution in [3.8, 4) is 0 Å². The Morgan fingerprint density at radius 2 is 2.20 bits per heavy atom. The second kappa shape index (κ2) is 4.70. The molecule has 1 aromatic heterocycles. The predicted molar refractivity (Wildman–Crippen MR) is 75.0 cm³/mol. The van der Waals surface area contributed by atoms with Crippen molar-refractivity contribution >= 4 is 28.3 Å². The van der Waals surface area contributed by atoms with E-state index < -0.39 is 12.1 Å². The number of amides is 1. The second-order valence-electron chi connectivity index (χ2n) is 5.05. The van der Waals surface area contributed by atoms with Gasteiger partial charge in [-0.3, -0.25) is 4.79 Å². The number of hydrogen-bond donors (Lipinski definition) is 2. The van der Waals surface area contributed by atoms with Crippen LogP contribution in [0.5, 0.6) is 0 Å². The van der Waals surface area contributed by atoms with Gasteiger partial charge in [-0.25, -0.2) is 4.39 Å². The van der Waals surface area contributed by atoms with Crippen LogP contribution >= 0.6 is 0 Å². The first-order chi connectivity index (χ1) is 9.58. The summed E-state index contributed by atoms with van der Waals surface area (Å²) in [6.07, 6.45) is 0.126. The van der Waals surface area contributed by atoms with Gasteiger partial charge in [0.1, 0.15) is 11.7 Å². The average molecular weight is 274 g/mol. The first-order valence-electron chi connectivity index (χ1n) is 6.59. The summed E-state index contributed by atoms with van der Waals surface area (Å²) >= 11 is 0. The molecule has 1 amide bonds. The number of anilines is 2. The number of hydrogen-bond acceptors (Lipinski definition) is 4. The fourth-order valence-corrected chi connectivity index (χ4v) is 2.17. The van der Waals surface area contributed by atoms with Gasteiger partial charge in [0.15, 0.2) is 5.82 Å². The SMILES string of the molecule is CCc1cc(N)c2nnc(NC(=O)C3CC3F)cc2c1. The molecular formula is C14H15FN4O. The molecule has 104 valence electrons. The third-order valence-electron chi connectivity index (χ3n) is 3.49. The van der Waals surface area contributed by atoms with Crippen LogP contribution in [-0.4, -0.2) is 22.3 Å². The summed E-state index contributed by atoms with van der Waals surface area (Å²) in [7, 11) is 0. The molecule has 1 heterocycles. The Bertz CT molecular complexity index is 688. The standard InChI is InChI=1S/C14H15FN4O/c1-2-7-3-8-5-12(17-14(20)9-6-10(9)15)18-19-13(8)11(16)4-7/h3-5,9-10H,2,6,16H2,1H3,(H,17,18,20). The average Bonchev–Trinajstić information content (AvgIpc) is 3.15. The highest BCUT2D eigenvalue weighted by molar-refractivity contribution is 5.96. The molecule has 0 bridgehead atoms. The van der Waals surface area contributed by atoms with Gasteiger partial charge < -0.3 is 11.1 Å². The van der Waals surface area contributed by atoms with Crippen LogP contribution in [0.2, 0.25) is 0 Å². The number of aryl methyl sites for hydroxylation is 1. The number of nitrogen functional groups attached to an aromatic ring is 1. The lowest BCUT2D eigenvalue weighted by Gasteiger charge is -2.07. The maximum Gasteiger partial charge on any atom is 0.231 e. The van der Waals surface area contributed by atoms with Crippen molar-refractivity contribution in [2.24, 2.45) is 5.92 Å². The number of fused-ring (bicyclic) bond motifs is 1. The van der Waals surface area contributed by atoms with E-state index in [-0.39, 0.29) is 5.91 Å². The van der Waals surface area contributed by atoms with Gasteiger partial charge in [0.2, 0.25) is 5.91 Å². The minimum Gasteiger partial charge on any atom is -0.397 e. The van der Waals surface area contributed by atoms with Crippen LogP contribution in [0.15, 0.2) is 18.2 Å². The van der Waals surface area contributed by atoms with E-state index in [9.17, 15) is 9.18 Å². The number of carbonyl (C=O) groups excluding carboxylic acids is 1. The summed E-state index contributed by atoms with van der Waals surface area (Å²) in [6, 6.07) is 5.55. The largest absolute Gasteiger partial charge is 0.397 e. The highest BCUT2D eigenvalue weighted by Gasteiger charge is 2.43. The zero-order valence-corrected chi connectivity index (χ0v) is 11.1. The van der Waals surface area contributed by atoms with Crippen LogP contribution in [0, 0.1) is 5.92 Å². The van der Waals surface area contributed by atoms with Crippen molar-refractivity contribution in [3.05, 3.63) is 23.8 Å². The topological polar surface area (TPSA) is 80.9 Å². The number of alkyl halides is 1. The van der Waals surface area contributed by atoms with Gasteiger partial charge in [-0.1, -0.05) is 6.92 Å². The number of aromatic nitrogens is 2. The van der Waals surface area contributed by atoms with Crippen molar-refractivity contribution in [1.29, 1.82) is 0 Å². The van der Waals surface area contributed by atoms with Crippen LogP contribution in [0.4, 0.5) is 15.9 Å². The number of benzene rings is 1. The molecule has 6 heteroatoms. The van der Waals surface area contributed by atoms with E-state index in [4.69, 9.17) is 5.73 Å².